The van der Waals surface area contributed by atoms with Crippen molar-refractivity contribution in [1.82, 2.24) is 14.9 Å². The van der Waals surface area contributed by atoms with E-state index in [-0.39, 0.29) is 15.9 Å². The first-order valence-electron chi connectivity index (χ1n) is 9.21. The van der Waals surface area contributed by atoms with Crippen molar-refractivity contribution in [2.24, 2.45) is 0 Å². The van der Waals surface area contributed by atoms with Gasteiger partial charge in [-0.15, -0.1) is 0 Å². The zero-order valence-electron chi connectivity index (χ0n) is 16.2. The molecule has 0 aliphatic carbocycles. The molecule has 1 aliphatic heterocycles. The molecule has 0 bridgehead atoms. The molecule has 1 amide bonds. The molecule has 1 atom stereocenters. The highest BCUT2D eigenvalue weighted by atomic mass is 35.5. The van der Waals surface area contributed by atoms with E-state index in [1.54, 1.807) is 45.0 Å². The van der Waals surface area contributed by atoms with Crippen molar-refractivity contribution in [2.45, 2.75) is 56.7 Å². The van der Waals surface area contributed by atoms with Crippen molar-refractivity contribution >= 4 is 38.6 Å². The van der Waals surface area contributed by atoms with Crippen LogP contribution < -0.4 is 0 Å². The molecule has 0 spiro atoms. The lowest BCUT2D eigenvalue weighted by Crippen LogP contribution is -2.49. The molecule has 0 N–H and O–H groups in total. The number of carbonyl (C=O) groups excluding carboxylic acids is 1. The van der Waals surface area contributed by atoms with Gasteiger partial charge in [0.25, 0.3) is 0 Å². The first-order chi connectivity index (χ1) is 13.1. The van der Waals surface area contributed by atoms with Gasteiger partial charge in [-0.3, -0.25) is 0 Å². The molecule has 1 aromatic carbocycles. The van der Waals surface area contributed by atoms with Gasteiger partial charge in [-0.05, 0) is 52.2 Å². The van der Waals surface area contributed by atoms with Crippen LogP contribution in [0.3, 0.4) is 0 Å². The molecule has 152 valence electrons. The van der Waals surface area contributed by atoms with E-state index in [1.807, 2.05) is 0 Å². The number of para-hydroxylation sites is 2. The number of carbonyl (C=O) groups is 1. The van der Waals surface area contributed by atoms with Crippen LogP contribution in [0.1, 0.15) is 40.0 Å². The predicted molar refractivity (Wildman–Crippen MR) is 107 cm³/mol. The van der Waals surface area contributed by atoms with Crippen LogP contribution >= 0.6 is 11.6 Å². The lowest BCUT2D eigenvalue weighted by molar-refractivity contribution is 0.0124. The summed E-state index contributed by atoms with van der Waals surface area (Å²) in [5.74, 6) is -0.265. The maximum absolute atomic E-state index is 13.1. The Bertz CT molecular complexity index is 988. The average Bonchev–Trinajstić information content (AvgIpc) is 2.59. The maximum atomic E-state index is 13.1. The lowest BCUT2D eigenvalue weighted by atomic mass is 10.0. The Balaban J connectivity index is 1.88. The van der Waals surface area contributed by atoms with Crippen molar-refractivity contribution in [3.8, 4) is 0 Å². The molecule has 1 fully saturated rings. The Labute approximate surface area is 170 Å². The molecule has 2 aromatic rings. The third kappa shape index (κ3) is 4.72. The maximum Gasteiger partial charge on any atom is 0.410 e. The van der Waals surface area contributed by atoms with Gasteiger partial charge in [-0.2, -0.15) is 0 Å². The summed E-state index contributed by atoms with van der Waals surface area (Å²) in [6, 6.07) is 6.45. The highest BCUT2D eigenvalue weighted by molar-refractivity contribution is 7.91. The topological polar surface area (TPSA) is 89.5 Å². The molecule has 0 saturated carbocycles. The third-order valence-electron chi connectivity index (χ3n) is 4.46. The fourth-order valence-electron chi connectivity index (χ4n) is 3.23. The highest BCUT2D eigenvalue weighted by Gasteiger charge is 2.35. The zero-order chi connectivity index (χ0) is 20.5. The molecule has 1 unspecified atom stereocenters. The molecule has 9 heteroatoms. The number of nitrogens with zero attached hydrogens (tertiary/aromatic N) is 3. The molecule has 1 saturated heterocycles. The summed E-state index contributed by atoms with van der Waals surface area (Å²) in [4.78, 5) is 22.4. The first kappa shape index (κ1) is 20.8. The van der Waals surface area contributed by atoms with Gasteiger partial charge in [0.15, 0.2) is 10.2 Å². The average molecular weight is 426 g/mol. The number of ether oxygens (including phenoxy) is 1. The number of amides is 1. The van der Waals surface area contributed by atoms with E-state index in [0.29, 0.717) is 24.0 Å². The number of hydrogen-bond acceptors (Lipinski definition) is 6. The number of fused-ring (bicyclic) bond motifs is 1. The second kappa shape index (κ2) is 7.83. The van der Waals surface area contributed by atoms with Crippen molar-refractivity contribution in [2.75, 3.05) is 12.3 Å². The number of hydrogen-bond donors (Lipinski definition) is 0. The van der Waals surface area contributed by atoms with E-state index in [4.69, 9.17) is 16.3 Å². The normalized spacial score (nSPS) is 18.3. The molecule has 0 radical (unpaired) electrons. The Kier molecular flexibility index (Phi) is 5.82. The summed E-state index contributed by atoms with van der Waals surface area (Å²) in [6.45, 7) is 5.81. The van der Waals surface area contributed by atoms with E-state index in [1.165, 1.54) is 4.90 Å². The summed E-state index contributed by atoms with van der Waals surface area (Å²) >= 11 is 6.13. The molecule has 1 aromatic heterocycles. The van der Waals surface area contributed by atoms with E-state index in [9.17, 15) is 13.2 Å². The summed E-state index contributed by atoms with van der Waals surface area (Å²) < 4.78 is 31.6. The minimum Gasteiger partial charge on any atom is -0.444 e. The molecular formula is C19H24ClN3O4S. The first-order valence-corrected chi connectivity index (χ1v) is 11.2. The molecule has 2 heterocycles. The fourth-order valence-corrected chi connectivity index (χ4v) is 5.26. The Hall–Kier alpha value is -1.93. The molecule has 28 heavy (non-hydrogen) atoms. The van der Waals surface area contributed by atoms with Gasteiger partial charge in [0, 0.05) is 12.6 Å². The molecule has 1 aliphatic rings. The van der Waals surface area contributed by atoms with Crippen LogP contribution in [0.25, 0.3) is 11.0 Å². The van der Waals surface area contributed by atoms with Crippen LogP contribution in [0, 0.1) is 0 Å². The van der Waals surface area contributed by atoms with Gasteiger partial charge in [-0.1, -0.05) is 23.7 Å². The Morgan fingerprint density at radius 2 is 1.86 bits per heavy atom. The summed E-state index contributed by atoms with van der Waals surface area (Å²) in [5.41, 5.74) is 0.336. The van der Waals surface area contributed by atoms with Gasteiger partial charge in [0.05, 0.1) is 16.8 Å². The summed E-state index contributed by atoms with van der Waals surface area (Å²) in [5, 5.41) is -0.402. The van der Waals surface area contributed by atoms with Crippen LogP contribution in [-0.4, -0.2) is 53.3 Å². The van der Waals surface area contributed by atoms with Crippen LogP contribution in [0.2, 0.25) is 5.15 Å². The number of piperidine rings is 1. The van der Waals surface area contributed by atoms with E-state index in [0.717, 1.165) is 12.8 Å². The Morgan fingerprint density at radius 1 is 1.21 bits per heavy atom. The number of likely N-dealkylation sites (tertiary alicyclic amines) is 1. The zero-order valence-corrected chi connectivity index (χ0v) is 17.8. The molecule has 7 nitrogen and oxygen atoms in total. The predicted octanol–water partition coefficient (Wildman–Crippen LogP) is 3.85. The van der Waals surface area contributed by atoms with Crippen molar-refractivity contribution in [1.29, 1.82) is 0 Å². The monoisotopic (exact) mass is 425 g/mol. The third-order valence-corrected chi connectivity index (χ3v) is 6.53. The standard InChI is InChI=1S/C19H24ClN3O4S/c1-19(2,3)27-18(24)23-11-7-6-8-13(23)12-28(25,26)17-16(20)21-14-9-4-5-10-15(14)22-17/h4-5,9-10,13H,6-8,11-12H2,1-3H3. The summed E-state index contributed by atoms with van der Waals surface area (Å²) in [6.07, 6.45) is 1.74. The van der Waals surface area contributed by atoms with E-state index < -0.39 is 27.6 Å². The van der Waals surface area contributed by atoms with Crippen LogP contribution in [-0.2, 0) is 14.6 Å². The number of rotatable bonds is 3. The van der Waals surface area contributed by atoms with Gasteiger partial charge >= 0.3 is 6.09 Å². The van der Waals surface area contributed by atoms with Crippen LogP contribution in [0.4, 0.5) is 4.79 Å². The second-order valence-electron chi connectivity index (χ2n) is 7.91. The van der Waals surface area contributed by atoms with Crippen molar-refractivity contribution in [3.05, 3.63) is 29.4 Å². The molecular weight excluding hydrogens is 402 g/mol. The quantitative estimate of drug-likeness (QED) is 0.741. The van der Waals surface area contributed by atoms with Crippen molar-refractivity contribution in [3.63, 3.8) is 0 Å². The summed E-state index contributed by atoms with van der Waals surface area (Å²) in [7, 11) is -3.85. The number of aromatic nitrogens is 2. The fraction of sp³-hybridized carbons (Fsp3) is 0.526. The van der Waals surface area contributed by atoms with Crippen molar-refractivity contribution < 1.29 is 17.9 Å². The number of halogens is 1. The largest absolute Gasteiger partial charge is 0.444 e. The van der Waals surface area contributed by atoms with Gasteiger partial charge in [-0.25, -0.2) is 23.2 Å². The van der Waals surface area contributed by atoms with Crippen LogP contribution in [0.15, 0.2) is 29.3 Å². The van der Waals surface area contributed by atoms with Gasteiger partial charge in [0.2, 0.25) is 9.84 Å². The minimum absolute atomic E-state index is 0.154. The van der Waals surface area contributed by atoms with Gasteiger partial charge in [0.1, 0.15) is 5.60 Å². The Morgan fingerprint density at radius 3 is 2.50 bits per heavy atom. The smallest absolute Gasteiger partial charge is 0.410 e. The van der Waals surface area contributed by atoms with E-state index in [2.05, 4.69) is 9.97 Å². The lowest BCUT2D eigenvalue weighted by Gasteiger charge is -2.36. The number of sulfone groups is 1. The minimum atomic E-state index is -3.85. The van der Waals surface area contributed by atoms with Gasteiger partial charge < -0.3 is 9.64 Å². The highest BCUT2D eigenvalue weighted by Crippen LogP contribution is 2.26. The molecule has 3 rings (SSSR count). The second-order valence-corrected chi connectivity index (χ2v) is 10.2. The van der Waals surface area contributed by atoms with Crippen LogP contribution in [0.5, 0.6) is 0 Å². The SMILES string of the molecule is CC(C)(C)OC(=O)N1CCCCC1CS(=O)(=O)c1nc2ccccc2nc1Cl. The number of benzene rings is 1. The van der Waals surface area contributed by atoms with E-state index >= 15 is 0 Å².